The first-order valence-electron chi connectivity index (χ1n) is 4.95. The van der Waals surface area contributed by atoms with Crippen LogP contribution < -0.4 is 0 Å². The van der Waals surface area contributed by atoms with Crippen molar-refractivity contribution in [1.82, 2.24) is 4.98 Å². The van der Waals surface area contributed by atoms with E-state index in [2.05, 4.69) is 4.98 Å². The smallest absolute Gasteiger partial charge is 0.355 e. The van der Waals surface area contributed by atoms with Crippen LogP contribution in [0.4, 0.5) is 5.69 Å². The molecule has 1 N–H and O–H groups in total. The number of aryl methyl sites for hydroxylation is 1. The third-order valence-electron chi connectivity index (χ3n) is 2.33. The third-order valence-corrected chi connectivity index (χ3v) is 3.33. The molecule has 0 aliphatic carbocycles. The predicted molar refractivity (Wildman–Crippen MR) is 65.9 cm³/mol. The zero-order valence-electron chi connectivity index (χ0n) is 9.28. The summed E-state index contributed by atoms with van der Waals surface area (Å²) in [7, 11) is 0. The Bertz CT molecular complexity index is 636. The van der Waals surface area contributed by atoms with E-state index in [1.807, 2.05) is 0 Å². The molecule has 2 aromatic rings. The van der Waals surface area contributed by atoms with Crippen molar-refractivity contribution in [2.75, 3.05) is 0 Å². The number of thiazole rings is 1. The number of carboxylic acid groups (broad SMARTS) is 1. The molecule has 0 fully saturated rings. The van der Waals surface area contributed by atoms with Crippen molar-refractivity contribution in [1.29, 1.82) is 0 Å². The number of nitro groups is 1. The predicted octanol–water partition coefficient (Wildman–Crippen LogP) is 2.72. The molecular formula is C11H8N2O4S. The standard InChI is InChI=1S/C11H8N2O4S/c1-6-9(11(14)15)12-10(18-6)7-4-2-3-5-8(7)13(16)17/h2-5H,1H3,(H,14,15). The van der Waals surface area contributed by atoms with Gasteiger partial charge in [-0.05, 0) is 13.0 Å². The van der Waals surface area contributed by atoms with Gasteiger partial charge < -0.3 is 5.11 Å². The van der Waals surface area contributed by atoms with Crippen molar-refractivity contribution in [3.05, 3.63) is 45.0 Å². The summed E-state index contributed by atoms with van der Waals surface area (Å²) >= 11 is 1.13. The van der Waals surface area contributed by atoms with E-state index in [0.29, 0.717) is 15.4 Å². The average Bonchev–Trinajstić information content (AvgIpc) is 2.71. The molecule has 0 bridgehead atoms. The second-order valence-corrected chi connectivity index (χ2v) is 4.71. The molecule has 0 aliphatic heterocycles. The van der Waals surface area contributed by atoms with E-state index in [4.69, 9.17) is 5.11 Å². The van der Waals surface area contributed by atoms with Crippen LogP contribution in [0.2, 0.25) is 0 Å². The van der Waals surface area contributed by atoms with Crippen molar-refractivity contribution in [3.63, 3.8) is 0 Å². The Hall–Kier alpha value is -2.28. The summed E-state index contributed by atoms with van der Waals surface area (Å²) in [6.07, 6.45) is 0. The first-order chi connectivity index (χ1) is 8.50. The average molecular weight is 264 g/mol. The van der Waals surface area contributed by atoms with Gasteiger partial charge in [0, 0.05) is 10.9 Å². The summed E-state index contributed by atoms with van der Waals surface area (Å²) in [4.78, 5) is 25.7. The highest BCUT2D eigenvalue weighted by Gasteiger charge is 2.20. The summed E-state index contributed by atoms with van der Waals surface area (Å²) in [5, 5.41) is 20.1. The maximum Gasteiger partial charge on any atom is 0.355 e. The molecule has 18 heavy (non-hydrogen) atoms. The minimum atomic E-state index is -1.13. The number of carbonyl (C=O) groups is 1. The number of para-hydroxylation sites is 1. The number of carboxylic acids is 1. The van der Waals surface area contributed by atoms with Gasteiger partial charge in [-0.15, -0.1) is 11.3 Å². The van der Waals surface area contributed by atoms with Gasteiger partial charge in [-0.2, -0.15) is 0 Å². The fourth-order valence-electron chi connectivity index (χ4n) is 1.52. The number of rotatable bonds is 3. The van der Waals surface area contributed by atoms with Crippen LogP contribution in [0, 0.1) is 17.0 Å². The highest BCUT2D eigenvalue weighted by molar-refractivity contribution is 7.15. The lowest BCUT2D eigenvalue weighted by molar-refractivity contribution is -0.384. The van der Waals surface area contributed by atoms with Gasteiger partial charge in [0.1, 0.15) is 5.01 Å². The monoisotopic (exact) mass is 264 g/mol. The molecule has 0 aliphatic rings. The Labute approximate surface area is 106 Å². The highest BCUT2D eigenvalue weighted by atomic mass is 32.1. The Morgan fingerprint density at radius 2 is 2.11 bits per heavy atom. The summed E-state index contributed by atoms with van der Waals surface area (Å²) in [6, 6.07) is 6.13. The fourth-order valence-corrected chi connectivity index (χ4v) is 2.46. The summed E-state index contributed by atoms with van der Waals surface area (Å²) in [5.41, 5.74) is 0.194. The van der Waals surface area contributed by atoms with Crippen LogP contribution in [-0.4, -0.2) is 21.0 Å². The van der Waals surface area contributed by atoms with Gasteiger partial charge in [0.05, 0.1) is 10.5 Å². The quantitative estimate of drug-likeness (QED) is 0.679. The number of hydrogen-bond donors (Lipinski definition) is 1. The summed E-state index contributed by atoms with van der Waals surface area (Å²) < 4.78 is 0. The molecule has 0 saturated carbocycles. The van der Waals surface area contributed by atoms with E-state index >= 15 is 0 Å². The molecule has 7 heteroatoms. The molecule has 92 valence electrons. The second kappa shape index (κ2) is 4.53. The topological polar surface area (TPSA) is 93.3 Å². The van der Waals surface area contributed by atoms with Crippen LogP contribution in [-0.2, 0) is 0 Å². The van der Waals surface area contributed by atoms with Crippen LogP contribution in [0.25, 0.3) is 10.6 Å². The van der Waals surface area contributed by atoms with Crippen LogP contribution in [0.5, 0.6) is 0 Å². The fraction of sp³-hybridized carbons (Fsp3) is 0.0909. The third kappa shape index (κ3) is 2.07. The van der Waals surface area contributed by atoms with E-state index in [9.17, 15) is 14.9 Å². The molecule has 2 rings (SSSR count). The van der Waals surface area contributed by atoms with Crippen molar-refractivity contribution < 1.29 is 14.8 Å². The molecule has 0 atom stereocenters. The highest BCUT2D eigenvalue weighted by Crippen LogP contribution is 2.33. The molecule has 0 amide bonds. The Morgan fingerprint density at radius 1 is 1.44 bits per heavy atom. The second-order valence-electron chi connectivity index (χ2n) is 3.50. The van der Waals surface area contributed by atoms with E-state index in [1.54, 1.807) is 25.1 Å². The number of nitrogens with zero attached hydrogens (tertiary/aromatic N) is 2. The van der Waals surface area contributed by atoms with Gasteiger partial charge in [0.25, 0.3) is 5.69 Å². The molecule has 0 unspecified atom stereocenters. The largest absolute Gasteiger partial charge is 0.476 e. The molecule has 0 spiro atoms. The van der Waals surface area contributed by atoms with E-state index in [0.717, 1.165) is 11.3 Å². The first kappa shape index (κ1) is 12.2. The van der Waals surface area contributed by atoms with Gasteiger partial charge >= 0.3 is 5.97 Å². The van der Waals surface area contributed by atoms with Gasteiger partial charge in [-0.3, -0.25) is 10.1 Å². The van der Waals surface area contributed by atoms with Crippen LogP contribution in [0.3, 0.4) is 0 Å². The summed E-state index contributed by atoms with van der Waals surface area (Å²) in [6.45, 7) is 1.62. The number of benzene rings is 1. The number of hydrogen-bond acceptors (Lipinski definition) is 5. The van der Waals surface area contributed by atoms with Gasteiger partial charge in [-0.25, -0.2) is 9.78 Å². The van der Waals surface area contributed by atoms with Gasteiger partial charge in [0.2, 0.25) is 0 Å². The zero-order valence-corrected chi connectivity index (χ0v) is 10.1. The zero-order chi connectivity index (χ0) is 13.3. The van der Waals surface area contributed by atoms with Gasteiger partial charge in [0.15, 0.2) is 5.69 Å². The molecule has 0 saturated heterocycles. The molecule has 6 nitrogen and oxygen atoms in total. The van der Waals surface area contributed by atoms with Crippen molar-refractivity contribution in [2.24, 2.45) is 0 Å². The number of aromatic nitrogens is 1. The van der Waals surface area contributed by atoms with Crippen LogP contribution >= 0.6 is 11.3 Å². The normalized spacial score (nSPS) is 10.3. The molecular weight excluding hydrogens is 256 g/mol. The van der Waals surface area contributed by atoms with Crippen LogP contribution in [0.15, 0.2) is 24.3 Å². The lowest BCUT2D eigenvalue weighted by atomic mass is 10.2. The Kier molecular flexibility index (Phi) is 3.07. The minimum absolute atomic E-state index is 0.0619. The van der Waals surface area contributed by atoms with E-state index in [1.165, 1.54) is 6.07 Å². The van der Waals surface area contributed by atoms with E-state index in [-0.39, 0.29) is 11.4 Å². The number of nitro benzene ring substituents is 1. The Morgan fingerprint density at radius 3 is 2.67 bits per heavy atom. The SMILES string of the molecule is Cc1sc(-c2ccccc2[N+](=O)[O-])nc1C(=O)O. The molecule has 1 heterocycles. The lowest BCUT2D eigenvalue weighted by Crippen LogP contribution is -1.98. The first-order valence-corrected chi connectivity index (χ1v) is 5.77. The maximum absolute atomic E-state index is 10.9. The van der Waals surface area contributed by atoms with Crippen molar-refractivity contribution in [3.8, 4) is 10.6 Å². The molecule has 1 aromatic carbocycles. The number of aromatic carboxylic acids is 1. The van der Waals surface area contributed by atoms with Crippen molar-refractivity contribution >= 4 is 23.0 Å². The summed E-state index contributed by atoms with van der Waals surface area (Å²) in [5.74, 6) is -1.13. The van der Waals surface area contributed by atoms with Crippen LogP contribution in [0.1, 0.15) is 15.4 Å². The molecule has 1 aromatic heterocycles. The van der Waals surface area contributed by atoms with E-state index < -0.39 is 10.9 Å². The maximum atomic E-state index is 10.9. The molecule has 0 radical (unpaired) electrons. The minimum Gasteiger partial charge on any atom is -0.476 e. The van der Waals surface area contributed by atoms with Crippen molar-refractivity contribution in [2.45, 2.75) is 6.92 Å². The van der Waals surface area contributed by atoms with Gasteiger partial charge in [-0.1, -0.05) is 12.1 Å². The lowest BCUT2D eigenvalue weighted by Gasteiger charge is -1.97. The Balaban J connectivity index is 2.59.